The van der Waals surface area contributed by atoms with Crippen LogP contribution in [-0.2, 0) is 13.5 Å². The molecule has 1 aromatic carbocycles. The fourth-order valence-electron chi connectivity index (χ4n) is 3.11. The van der Waals surface area contributed by atoms with E-state index in [0.29, 0.717) is 40.3 Å². The van der Waals surface area contributed by atoms with Gasteiger partial charge in [-0.25, -0.2) is 4.98 Å². The van der Waals surface area contributed by atoms with Crippen LogP contribution in [-0.4, -0.2) is 43.2 Å². The smallest absolute Gasteiger partial charge is 0.277 e. The van der Waals surface area contributed by atoms with Crippen molar-refractivity contribution >= 4 is 11.0 Å². The second kappa shape index (κ2) is 7.89. The maximum absolute atomic E-state index is 12.7. The van der Waals surface area contributed by atoms with Gasteiger partial charge in [0.2, 0.25) is 0 Å². The van der Waals surface area contributed by atoms with Crippen molar-refractivity contribution in [3.05, 3.63) is 39.8 Å². The number of hydrogen-bond donors (Lipinski definition) is 3. The molecule has 0 saturated heterocycles. The highest BCUT2D eigenvalue weighted by Gasteiger charge is 2.18. The first kappa shape index (κ1) is 19.1. The largest absolute Gasteiger partial charge is 0.493 e. The number of nitrogens with zero attached hydrogens (tertiary/aromatic N) is 3. The van der Waals surface area contributed by atoms with E-state index >= 15 is 0 Å². The second-order valence-corrected chi connectivity index (χ2v) is 6.32. The van der Waals surface area contributed by atoms with E-state index in [1.165, 1.54) is 0 Å². The molecule has 8 heteroatoms. The predicted molar refractivity (Wildman–Crippen MR) is 102 cm³/mol. The first-order chi connectivity index (χ1) is 13.0. The van der Waals surface area contributed by atoms with Crippen molar-refractivity contribution in [2.75, 3.05) is 13.2 Å². The quantitative estimate of drug-likeness (QED) is 0.582. The number of nitrogens with one attached hydrogen (secondary N) is 1. The number of fused-ring (bicyclic) bond motifs is 1. The van der Waals surface area contributed by atoms with E-state index < -0.39 is 12.7 Å². The molecule has 3 N–H and O–H groups in total. The van der Waals surface area contributed by atoms with Crippen molar-refractivity contribution in [1.29, 1.82) is 0 Å². The average Bonchev–Trinajstić information content (AvgIpc) is 2.98. The monoisotopic (exact) mass is 372 g/mol. The Bertz CT molecular complexity index is 1010. The number of aliphatic hydroxyl groups is 2. The van der Waals surface area contributed by atoms with Gasteiger partial charge in [-0.05, 0) is 31.0 Å². The van der Waals surface area contributed by atoms with Crippen LogP contribution in [0, 0.1) is 0 Å². The Hall–Kier alpha value is -2.71. The number of aromatic amines is 1. The van der Waals surface area contributed by atoms with Crippen LogP contribution in [0.1, 0.15) is 37.6 Å². The number of aliphatic hydroxyl groups excluding tert-OH is 2. The molecule has 2 aromatic heterocycles. The number of H-pyrrole nitrogens is 1. The SMILES string of the molecule is CCCc1nn(C)c2c(=O)[nH]c(-c3cc(C(O)CO)ccc3OCC)nc12. The molecular weight excluding hydrogens is 348 g/mol. The van der Waals surface area contributed by atoms with E-state index in [-0.39, 0.29) is 5.56 Å². The first-order valence-electron chi connectivity index (χ1n) is 9.02. The summed E-state index contributed by atoms with van der Waals surface area (Å²) in [5, 5.41) is 23.6. The molecule has 144 valence electrons. The lowest BCUT2D eigenvalue weighted by Gasteiger charge is -2.14. The van der Waals surface area contributed by atoms with E-state index in [0.717, 1.165) is 18.5 Å². The van der Waals surface area contributed by atoms with E-state index in [2.05, 4.69) is 15.1 Å². The minimum Gasteiger partial charge on any atom is -0.493 e. The maximum Gasteiger partial charge on any atom is 0.277 e. The summed E-state index contributed by atoms with van der Waals surface area (Å²) in [5.74, 6) is 0.878. The number of ether oxygens (including phenoxy) is 1. The van der Waals surface area contributed by atoms with Crippen molar-refractivity contribution < 1.29 is 14.9 Å². The predicted octanol–water partition coefficient (Wildman–Crippen LogP) is 1.70. The molecule has 0 aliphatic rings. The fourth-order valence-corrected chi connectivity index (χ4v) is 3.11. The lowest BCUT2D eigenvalue weighted by molar-refractivity contribution is 0.0956. The molecule has 1 atom stereocenters. The Morgan fingerprint density at radius 3 is 2.78 bits per heavy atom. The molecule has 3 aromatic rings. The molecule has 0 amide bonds. The van der Waals surface area contributed by atoms with Crippen LogP contribution in [0.5, 0.6) is 5.75 Å². The van der Waals surface area contributed by atoms with Crippen LogP contribution in [0.25, 0.3) is 22.4 Å². The van der Waals surface area contributed by atoms with E-state index in [9.17, 15) is 15.0 Å². The van der Waals surface area contributed by atoms with Gasteiger partial charge in [0.05, 0.1) is 24.5 Å². The van der Waals surface area contributed by atoms with Crippen LogP contribution >= 0.6 is 0 Å². The number of rotatable bonds is 7. The minimum absolute atomic E-state index is 0.289. The molecular formula is C19H24N4O4. The summed E-state index contributed by atoms with van der Waals surface area (Å²) in [6, 6.07) is 5.05. The molecule has 0 bridgehead atoms. The molecule has 0 aliphatic heterocycles. The van der Waals surface area contributed by atoms with Crippen LogP contribution in [0.3, 0.4) is 0 Å². The molecule has 8 nitrogen and oxygen atoms in total. The van der Waals surface area contributed by atoms with Gasteiger partial charge in [0.25, 0.3) is 5.56 Å². The second-order valence-electron chi connectivity index (χ2n) is 6.32. The van der Waals surface area contributed by atoms with Gasteiger partial charge >= 0.3 is 0 Å². The number of benzene rings is 1. The summed E-state index contributed by atoms with van der Waals surface area (Å²) in [5.41, 5.74) is 2.53. The molecule has 0 saturated carbocycles. The Morgan fingerprint density at radius 2 is 2.11 bits per heavy atom. The molecule has 1 unspecified atom stereocenters. The molecule has 0 fully saturated rings. The third-order valence-corrected chi connectivity index (χ3v) is 4.37. The summed E-state index contributed by atoms with van der Waals surface area (Å²) in [7, 11) is 1.72. The maximum atomic E-state index is 12.7. The van der Waals surface area contributed by atoms with Gasteiger partial charge in [0.15, 0.2) is 5.52 Å². The van der Waals surface area contributed by atoms with Gasteiger partial charge in [0, 0.05) is 7.05 Å². The third kappa shape index (κ3) is 3.58. The van der Waals surface area contributed by atoms with Gasteiger partial charge in [-0.2, -0.15) is 5.10 Å². The zero-order valence-corrected chi connectivity index (χ0v) is 15.7. The summed E-state index contributed by atoms with van der Waals surface area (Å²) in [4.78, 5) is 20.1. The Labute approximate surface area is 156 Å². The fraction of sp³-hybridized carbons (Fsp3) is 0.421. The van der Waals surface area contributed by atoms with E-state index in [4.69, 9.17) is 4.74 Å². The van der Waals surface area contributed by atoms with Gasteiger partial charge in [-0.15, -0.1) is 0 Å². The summed E-state index contributed by atoms with van der Waals surface area (Å²) in [6.07, 6.45) is 0.580. The molecule has 0 radical (unpaired) electrons. The standard InChI is InChI=1S/C19H24N4O4/c1-4-6-13-16-17(23(3)22-13)19(26)21-18(20-16)12-9-11(14(25)10-24)7-8-15(12)27-5-2/h7-9,14,24-25H,4-6,10H2,1-3H3,(H,20,21,26). The zero-order chi connectivity index (χ0) is 19.6. The Kier molecular flexibility index (Phi) is 5.57. The Balaban J connectivity index is 2.24. The zero-order valence-electron chi connectivity index (χ0n) is 15.7. The van der Waals surface area contributed by atoms with E-state index in [1.807, 2.05) is 13.8 Å². The minimum atomic E-state index is -1.02. The van der Waals surface area contributed by atoms with Crippen molar-refractivity contribution in [2.45, 2.75) is 32.8 Å². The van der Waals surface area contributed by atoms with Crippen molar-refractivity contribution in [1.82, 2.24) is 19.7 Å². The van der Waals surface area contributed by atoms with Crippen molar-refractivity contribution in [2.24, 2.45) is 7.05 Å². The average molecular weight is 372 g/mol. The van der Waals surface area contributed by atoms with Gasteiger partial charge in [-0.1, -0.05) is 19.4 Å². The van der Waals surface area contributed by atoms with Crippen molar-refractivity contribution in [3.8, 4) is 17.1 Å². The summed E-state index contributed by atoms with van der Waals surface area (Å²) < 4.78 is 7.21. The highest BCUT2D eigenvalue weighted by molar-refractivity contribution is 5.79. The van der Waals surface area contributed by atoms with Gasteiger partial charge in [-0.3, -0.25) is 9.48 Å². The lowest BCUT2D eigenvalue weighted by Crippen LogP contribution is -2.13. The molecule has 0 aliphatic carbocycles. The molecule has 0 spiro atoms. The van der Waals surface area contributed by atoms with Gasteiger partial charge < -0.3 is 19.9 Å². The molecule has 3 rings (SSSR count). The Morgan fingerprint density at radius 1 is 1.33 bits per heavy atom. The first-order valence-corrected chi connectivity index (χ1v) is 9.02. The van der Waals surface area contributed by atoms with Crippen LogP contribution in [0.15, 0.2) is 23.0 Å². The molecule has 2 heterocycles. The molecule has 27 heavy (non-hydrogen) atoms. The highest BCUT2D eigenvalue weighted by atomic mass is 16.5. The van der Waals surface area contributed by atoms with E-state index in [1.54, 1.807) is 29.9 Å². The highest BCUT2D eigenvalue weighted by Crippen LogP contribution is 2.31. The van der Waals surface area contributed by atoms with Gasteiger partial charge in [0.1, 0.15) is 23.2 Å². The van der Waals surface area contributed by atoms with Crippen LogP contribution in [0.4, 0.5) is 0 Å². The topological polar surface area (TPSA) is 113 Å². The number of aromatic nitrogens is 4. The van der Waals surface area contributed by atoms with Crippen molar-refractivity contribution in [3.63, 3.8) is 0 Å². The summed E-state index contributed by atoms with van der Waals surface area (Å²) in [6.45, 7) is 3.94. The number of hydrogen-bond acceptors (Lipinski definition) is 6. The normalized spacial score (nSPS) is 12.5. The number of aryl methyl sites for hydroxylation is 2. The third-order valence-electron chi connectivity index (χ3n) is 4.37. The lowest BCUT2D eigenvalue weighted by atomic mass is 10.0. The summed E-state index contributed by atoms with van der Waals surface area (Å²) >= 11 is 0. The van der Waals surface area contributed by atoms with Crippen LogP contribution < -0.4 is 10.3 Å². The van der Waals surface area contributed by atoms with Crippen LogP contribution in [0.2, 0.25) is 0 Å².